The number of hydrogen-bond acceptors (Lipinski definition) is 5. The summed E-state index contributed by atoms with van der Waals surface area (Å²) in [5.74, 6) is 1.85. The van der Waals surface area contributed by atoms with Crippen LogP contribution in [0, 0.1) is 0 Å². The molecule has 71 heavy (non-hydrogen) atoms. The molecule has 0 atom stereocenters. The van der Waals surface area contributed by atoms with Crippen LogP contribution in [0.4, 0.5) is 0 Å². The predicted octanol–water partition coefficient (Wildman–Crippen LogP) is 17.6. The van der Waals surface area contributed by atoms with Gasteiger partial charge in [-0.05, 0) is 83.7 Å². The summed E-state index contributed by atoms with van der Waals surface area (Å²) in [5, 5.41) is 17.2. The summed E-state index contributed by atoms with van der Waals surface area (Å²) in [7, 11) is 0. The van der Waals surface area contributed by atoms with Gasteiger partial charge >= 0.3 is 0 Å². The summed E-state index contributed by atoms with van der Waals surface area (Å²) >= 11 is 0. The molecule has 15 rings (SSSR count). The molecule has 0 fully saturated rings. The first-order valence-electron chi connectivity index (χ1n) is 24.0. The third-order valence-electron chi connectivity index (χ3n) is 14.5. The highest BCUT2D eigenvalue weighted by atomic mass is 16.3. The molecule has 0 aliphatic heterocycles. The molecule has 5 nitrogen and oxygen atoms in total. The minimum Gasteiger partial charge on any atom is -0.456 e. The van der Waals surface area contributed by atoms with Gasteiger partial charge in [0.25, 0.3) is 0 Å². The van der Waals surface area contributed by atoms with Crippen LogP contribution in [0.3, 0.4) is 0 Å². The number of benzene rings is 12. The minimum absolute atomic E-state index is 0.600. The van der Waals surface area contributed by atoms with Crippen LogP contribution in [0.5, 0.6) is 0 Å². The molecule has 0 aliphatic carbocycles. The summed E-state index contributed by atoms with van der Waals surface area (Å²) < 4.78 is 6.81. The van der Waals surface area contributed by atoms with Crippen LogP contribution >= 0.6 is 0 Å². The van der Waals surface area contributed by atoms with Crippen molar-refractivity contribution >= 4 is 97.5 Å². The predicted molar refractivity (Wildman–Crippen MR) is 295 cm³/mol. The van der Waals surface area contributed by atoms with Crippen LogP contribution in [-0.4, -0.2) is 19.9 Å². The van der Waals surface area contributed by atoms with E-state index in [1.54, 1.807) is 0 Å². The zero-order valence-electron chi connectivity index (χ0n) is 38.1. The topological polar surface area (TPSA) is 64.7 Å². The molecule has 0 radical (unpaired) electrons. The fraction of sp³-hybridized carbons (Fsp3) is 0. The lowest BCUT2D eigenvalue weighted by molar-refractivity contribution is 0.669. The summed E-state index contributed by atoms with van der Waals surface area (Å²) in [5.41, 5.74) is 9.47. The van der Waals surface area contributed by atoms with Crippen molar-refractivity contribution in [3.8, 4) is 56.5 Å². The van der Waals surface area contributed by atoms with E-state index in [0.29, 0.717) is 17.5 Å². The molecule has 0 bridgehead atoms. The Morgan fingerprint density at radius 1 is 0.268 bits per heavy atom. The van der Waals surface area contributed by atoms with Gasteiger partial charge in [-0.2, -0.15) is 0 Å². The standard InChI is InChI=1S/C66H38N4O/c1-3-19-44-39(15-1)17-13-27-51(44)65-68-64(69-66(70-65)52-28-14-18-40-16-2-4-20-45(40)52)42-33-31-41(32-34-42)60-61-53-25-9-11-29-57(53)67-63(56(61)38-59-62(60)54-26-10-12-30-58(54)71-59)43-35-36-50-48-23-6-5-21-46(48)47-22-7-8-24-49(47)55(50)37-43/h1-38H. The summed E-state index contributed by atoms with van der Waals surface area (Å²) in [4.78, 5) is 21.3. The van der Waals surface area contributed by atoms with Gasteiger partial charge in [0, 0.05) is 54.7 Å². The number of aromatic nitrogens is 4. The fourth-order valence-electron chi connectivity index (χ4n) is 11.3. The minimum atomic E-state index is 0.600. The van der Waals surface area contributed by atoms with Gasteiger partial charge < -0.3 is 4.42 Å². The first-order chi connectivity index (χ1) is 35.2. The largest absolute Gasteiger partial charge is 0.456 e. The Kier molecular flexibility index (Phi) is 8.59. The van der Waals surface area contributed by atoms with Gasteiger partial charge in [0.2, 0.25) is 0 Å². The molecule has 0 spiro atoms. The second-order valence-corrected chi connectivity index (χ2v) is 18.4. The molecule has 328 valence electrons. The smallest absolute Gasteiger partial charge is 0.164 e. The van der Waals surface area contributed by atoms with Crippen molar-refractivity contribution in [1.82, 2.24) is 19.9 Å². The van der Waals surface area contributed by atoms with E-state index >= 15 is 0 Å². The van der Waals surface area contributed by atoms with Gasteiger partial charge in [0.15, 0.2) is 17.5 Å². The average molecular weight is 903 g/mol. The lowest BCUT2D eigenvalue weighted by Crippen LogP contribution is -2.01. The monoisotopic (exact) mass is 902 g/mol. The molecule has 3 heterocycles. The second kappa shape index (κ2) is 15.5. The molecule has 0 saturated carbocycles. The van der Waals surface area contributed by atoms with Crippen molar-refractivity contribution in [3.05, 3.63) is 231 Å². The van der Waals surface area contributed by atoms with Crippen LogP contribution in [0.15, 0.2) is 235 Å². The Morgan fingerprint density at radius 3 is 1.39 bits per heavy atom. The van der Waals surface area contributed by atoms with Crippen molar-refractivity contribution < 1.29 is 4.42 Å². The number of para-hydroxylation sites is 2. The lowest BCUT2D eigenvalue weighted by atomic mass is 9.88. The zero-order chi connectivity index (χ0) is 46.6. The normalized spacial score (nSPS) is 11.9. The van der Waals surface area contributed by atoms with Crippen molar-refractivity contribution in [2.45, 2.75) is 0 Å². The van der Waals surface area contributed by atoms with Gasteiger partial charge in [0.05, 0.1) is 11.2 Å². The highest BCUT2D eigenvalue weighted by molar-refractivity contribution is 6.29. The van der Waals surface area contributed by atoms with E-state index in [4.69, 9.17) is 24.4 Å². The molecule has 0 aliphatic rings. The first kappa shape index (κ1) is 39.4. The molecular weight excluding hydrogens is 865 g/mol. The highest BCUT2D eigenvalue weighted by Crippen LogP contribution is 2.47. The number of furan rings is 1. The Balaban J connectivity index is 0.972. The summed E-state index contributed by atoms with van der Waals surface area (Å²) in [6, 6.07) is 81.6. The van der Waals surface area contributed by atoms with Crippen LogP contribution in [-0.2, 0) is 0 Å². The van der Waals surface area contributed by atoms with Crippen LogP contribution in [0.1, 0.15) is 0 Å². The van der Waals surface area contributed by atoms with E-state index in [1.807, 2.05) is 6.07 Å². The molecule has 15 aromatic rings. The van der Waals surface area contributed by atoms with Crippen molar-refractivity contribution in [2.75, 3.05) is 0 Å². The summed E-state index contributed by atoms with van der Waals surface area (Å²) in [6.07, 6.45) is 0. The molecular formula is C66H38N4O. The van der Waals surface area contributed by atoms with Crippen LogP contribution in [0.2, 0.25) is 0 Å². The van der Waals surface area contributed by atoms with E-state index in [-0.39, 0.29) is 0 Å². The number of hydrogen-bond donors (Lipinski definition) is 0. The second-order valence-electron chi connectivity index (χ2n) is 18.4. The van der Waals surface area contributed by atoms with E-state index < -0.39 is 0 Å². The van der Waals surface area contributed by atoms with Crippen molar-refractivity contribution in [2.24, 2.45) is 0 Å². The third-order valence-corrected chi connectivity index (χ3v) is 14.5. The maximum Gasteiger partial charge on any atom is 0.164 e. The fourth-order valence-corrected chi connectivity index (χ4v) is 11.3. The van der Waals surface area contributed by atoms with Gasteiger partial charge in [-0.25, -0.2) is 19.9 Å². The summed E-state index contributed by atoms with van der Waals surface area (Å²) in [6.45, 7) is 0. The van der Waals surface area contributed by atoms with Gasteiger partial charge in [-0.1, -0.05) is 206 Å². The Hall–Kier alpha value is -9.58. The highest BCUT2D eigenvalue weighted by Gasteiger charge is 2.23. The van der Waals surface area contributed by atoms with Crippen molar-refractivity contribution in [1.29, 1.82) is 0 Å². The SMILES string of the molecule is c1ccc2c(-c3nc(-c4ccc(-c5c6c(cc7c(-c8ccc9c%10ccccc%10c%10ccccc%10c9c8)nc8ccccc8c57)oc5ccccc56)cc4)nc(-c4cccc5ccccc45)n3)cccc2c1. The van der Waals surface area contributed by atoms with Crippen LogP contribution < -0.4 is 0 Å². The average Bonchev–Trinajstić information content (AvgIpc) is 3.82. The van der Waals surface area contributed by atoms with Crippen LogP contribution in [0.25, 0.3) is 154 Å². The van der Waals surface area contributed by atoms with E-state index in [9.17, 15) is 0 Å². The Labute approximate surface area is 407 Å². The van der Waals surface area contributed by atoms with E-state index in [1.165, 1.54) is 32.3 Å². The van der Waals surface area contributed by atoms with Crippen molar-refractivity contribution in [3.63, 3.8) is 0 Å². The zero-order valence-corrected chi connectivity index (χ0v) is 38.1. The van der Waals surface area contributed by atoms with E-state index in [2.05, 4.69) is 224 Å². The number of fused-ring (bicyclic) bond motifs is 14. The number of rotatable bonds is 5. The lowest BCUT2D eigenvalue weighted by Gasteiger charge is -2.17. The molecule has 0 amide bonds. The Bertz CT molecular complexity index is 4560. The van der Waals surface area contributed by atoms with Gasteiger partial charge in [-0.15, -0.1) is 0 Å². The Morgan fingerprint density at radius 2 is 0.746 bits per heavy atom. The maximum atomic E-state index is 6.81. The molecule has 12 aromatic carbocycles. The third kappa shape index (κ3) is 6.13. The number of pyridine rings is 1. The molecule has 0 unspecified atom stereocenters. The molecule has 0 N–H and O–H groups in total. The van der Waals surface area contributed by atoms with Gasteiger partial charge in [-0.3, -0.25) is 0 Å². The molecule has 0 saturated heterocycles. The van der Waals surface area contributed by atoms with E-state index in [0.717, 1.165) is 104 Å². The molecule has 3 aromatic heterocycles. The number of nitrogens with zero attached hydrogens (tertiary/aromatic N) is 4. The van der Waals surface area contributed by atoms with Gasteiger partial charge in [0.1, 0.15) is 11.2 Å². The molecule has 5 heteroatoms. The quantitative estimate of drug-likeness (QED) is 0.161. The first-order valence-corrected chi connectivity index (χ1v) is 24.0. The maximum absolute atomic E-state index is 6.81.